The molecule has 0 atom stereocenters. The predicted octanol–water partition coefficient (Wildman–Crippen LogP) is 2.60. The number of carbonyl (C=O) groups excluding carboxylic acids is 1. The number of hydrazine groups is 1. The topological polar surface area (TPSA) is 96.3 Å². The van der Waals surface area contributed by atoms with E-state index in [2.05, 4.69) is 16.2 Å². The molecule has 0 aliphatic carbocycles. The average Bonchev–Trinajstić information content (AvgIpc) is 2.61. The highest BCUT2D eigenvalue weighted by molar-refractivity contribution is 7.80. The number of hydrogen-bond donors (Lipinski definition) is 3. The third-order valence-electron chi connectivity index (χ3n) is 3.24. The van der Waals surface area contributed by atoms with Crippen molar-refractivity contribution < 1.29 is 9.72 Å². The van der Waals surface area contributed by atoms with E-state index in [0.717, 1.165) is 12.0 Å². The van der Waals surface area contributed by atoms with Crippen molar-refractivity contribution in [3.05, 3.63) is 74.8 Å². The number of thiocarbonyl (C=S) groups is 1. The number of rotatable bonds is 5. The zero-order valence-electron chi connectivity index (χ0n) is 13.0. The first-order chi connectivity index (χ1) is 12.0. The van der Waals surface area contributed by atoms with Crippen LogP contribution in [0.3, 0.4) is 0 Å². The zero-order valence-corrected chi connectivity index (χ0v) is 14.6. The molecule has 0 spiro atoms. The molecule has 0 aromatic heterocycles. The van der Waals surface area contributed by atoms with Crippen LogP contribution in [0.15, 0.2) is 48.5 Å². The van der Waals surface area contributed by atoms with Crippen molar-refractivity contribution >= 4 is 40.5 Å². The number of nitrogens with zero attached hydrogens (tertiary/aromatic N) is 1. The number of non-ortho nitro benzene ring substituents is 1. The standard InChI is InChI=1S/C16H15ClN4O3S/c17-13-5-1-11(2-6-13)9-10-18-16(25)20-19-15(22)12-3-7-14(8-4-12)21(23)24/h1-8H,9-10H2,(H,19,22)(H2,18,20,25). The summed E-state index contributed by atoms with van der Waals surface area (Å²) >= 11 is 10.9. The van der Waals surface area contributed by atoms with Crippen molar-refractivity contribution in [2.45, 2.75) is 6.42 Å². The van der Waals surface area contributed by atoms with Crippen LogP contribution in [0.4, 0.5) is 5.69 Å². The molecule has 0 aliphatic rings. The Balaban J connectivity index is 1.72. The molecule has 3 N–H and O–H groups in total. The molecule has 0 aliphatic heterocycles. The summed E-state index contributed by atoms with van der Waals surface area (Å²) < 4.78 is 0. The normalized spacial score (nSPS) is 9.96. The molecule has 0 saturated carbocycles. The Morgan fingerprint density at radius 2 is 1.72 bits per heavy atom. The third kappa shape index (κ3) is 6.02. The van der Waals surface area contributed by atoms with E-state index in [0.29, 0.717) is 11.6 Å². The van der Waals surface area contributed by atoms with Gasteiger partial charge in [0.1, 0.15) is 0 Å². The maximum atomic E-state index is 11.9. The fourth-order valence-electron chi connectivity index (χ4n) is 1.94. The summed E-state index contributed by atoms with van der Waals surface area (Å²) in [6.07, 6.45) is 0.745. The van der Waals surface area contributed by atoms with E-state index in [1.54, 1.807) is 0 Å². The van der Waals surface area contributed by atoms with Gasteiger partial charge in [0.25, 0.3) is 11.6 Å². The van der Waals surface area contributed by atoms with Crippen molar-refractivity contribution in [3.8, 4) is 0 Å². The molecule has 2 aromatic rings. The molecule has 9 heteroatoms. The summed E-state index contributed by atoms with van der Waals surface area (Å²) in [5.41, 5.74) is 6.31. The minimum absolute atomic E-state index is 0.0797. The van der Waals surface area contributed by atoms with Crippen LogP contribution in [0.1, 0.15) is 15.9 Å². The van der Waals surface area contributed by atoms with Crippen molar-refractivity contribution in [1.29, 1.82) is 0 Å². The molecule has 0 fully saturated rings. The molecule has 130 valence electrons. The van der Waals surface area contributed by atoms with Gasteiger partial charge in [-0.1, -0.05) is 23.7 Å². The lowest BCUT2D eigenvalue weighted by Crippen LogP contribution is -2.47. The number of nitro benzene ring substituents is 1. The highest BCUT2D eigenvalue weighted by Gasteiger charge is 2.09. The van der Waals surface area contributed by atoms with E-state index >= 15 is 0 Å². The van der Waals surface area contributed by atoms with Gasteiger partial charge in [-0.15, -0.1) is 0 Å². The monoisotopic (exact) mass is 378 g/mol. The zero-order chi connectivity index (χ0) is 18.2. The van der Waals surface area contributed by atoms with Gasteiger partial charge >= 0.3 is 0 Å². The Morgan fingerprint density at radius 1 is 1.08 bits per heavy atom. The van der Waals surface area contributed by atoms with Crippen LogP contribution in [0.25, 0.3) is 0 Å². The lowest BCUT2D eigenvalue weighted by atomic mass is 10.1. The highest BCUT2D eigenvalue weighted by Crippen LogP contribution is 2.11. The van der Waals surface area contributed by atoms with Crippen LogP contribution < -0.4 is 16.2 Å². The fraction of sp³-hybridized carbons (Fsp3) is 0.125. The summed E-state index contributed by atoms with van der Waals surface area (Å²) in [6.45, 7) is 0.584. The molecule has 0 bridgehead atoms. The average molecular weight is 379 g/mol. The lowest BCUT2D eigenvalue weighted by molar-refractivity contribution is -0.384. The van der Waals surface area contributed by atoms with Crippen molar-refractivity contribution in [2.24, 2.45) is 0 Å². The SMILES string of the molecule is O=C(NNC(=S)NCCc1ccc(Cl)cc1)c1ccc([N+](=O)[O-])cc1. The van der Waals surface area contributed by atoms with Gasteiger partial charge in [-0.05, 0) is 48.5 Å². The summed E-state index contributed by atoms with van der Waals surface area (Å²) in [7, 11) is 0. The van der Waals surface area contributed by atoms with Gasteiger partial charge < -0.3 is 5.32 Å². The molecule has 25 heavy (non-hydrogen) atoms. The minimum atomic E-state index is -0.528. The second-order valence-corrected chi connectivity index (χ2v) is 5.86. The molecule has 7 nitrogen and oxygen atoms in total. The molecule has 0 unspecified atom stereocenters. The Labute approximate surface area is 154 Å². The van der Waals surface area contributed by atoms with Crippen LogP contribution >= 0.6 is 23.8 Å². The van der Waals surface area contributed by atoms with Gasteiger partial charge in [0.2, 0.25) is 0 Å². The Kier molecular flexibility index (Phi) is 6.67. The maximum absolute atomic E-state index is 11.9. The first-order valence-corrected chi connectivity index (χ1v) is 8.07. The third-order valence-corrected chi connectivity index (χ3v) is 3.74. The number of benzene rings is 2. The largest absolute Gasteiger partial charge is 0.361 e. The molecule has 2 rings (SSSR count). The second-order valence-electron chi connectivity index (χ2n) is 5.02. The van der Waals surface area contributed by atoms with Crippen molar-refractivity contribution in [3.63, 3.8) is 0 Å². The molecular formula is C16H15ClN4O3S. The lowest BCUT2D eigenvalue weighted by Gasteiger charge is -2.11. The highest BCUT2D eigenvalue weighted by atomic mass is 35.5. The van der Waals surface area contributed by atoms with Gasteiger partial charge in [-0.25, -0.2) is 0 Å². The smallest absolute Gasteiger partial charge is 0.269 e. The molecule has 0 heterocycles. The van der Waals surface area contributed by atoms with Crippen LogP contribution in [-0.4, -0.2) is 22.5 Å². The summed E-state index contributed by atoms with van der Waals surface area (Å²) in [4.78, 5) is 22.0. The summed E-state index contributed by atoms with van der Waals surface area (Å²) in [5.74, 6) is -0.447. The summed E-state index contributed by atoms with van der Waals surface area (Å²) in [6, 6.07) is 12.7. The van der Waals surface area contributed by atoms with E-state index in [1.807, 2.05) is 24.3 Å². The van der Waals surface area contributed by atoms with E-state index in [9.17, 15) is 14.9 Å². The fourth-order valence-corrected chi connectivity index (χ4v) is 2.21. The first kappa shape index (κ1) is 18.6. The van der Waals surface area contributed by atoms with Gasteiger partial charge in [-0.3, -0.25) is 25.8 Å². The maximum Gasteiger partial charge on any atom is 0.269 e. The van der Waals surface area contributed by atoms with Gasteiger partial charge in [0.05, 0.1) is 4.92 Å². The van der Waals surface area contributed by atoms with Crippen LogP contribution in [0.5, 0.6) is 0 Å². The molecule has 2 aromatic carbocycles. The molecule has 1 amide bonds. The molecule has 0 radical (unpaired) electrons. The second kappa shape index (κ2) is 8.95. The van der Waals surface area contributed by atoms with Gasteiger partial charge in [0, 0.05) is 29.3 Å². The molecular weight excluding hydrogens is 364 g/mol. The van der Waals surface area contributed by atoms with E-state index in [-0.39, 0.29) is 16.4 Å². The van der Waals surface area contributed by atoms with Crippen LogP contribution in [-0.2, 0) is 6.42 Å². The van der Waals surface area contributed by atoms with Crippen LogP contribution in [0, 0.1) is 10.1 Å². The van der Waals surface area contributed by atoms with Crippen LogP contribution in [0.2, 0.25) is 5.02 Å². The van der Waals surface area contributed by atoms with E-state index in [4.69, 9.17) is 23.8 Å². The molecule has 0 saturated heterocycles. The number of amides is 1. The Morgan fingerprint density at radius 3 is 2.32 bits per heavy atom. The van der Waals surface area contributed by atoms with E-state index in [1.165, 1.54) is 24.3 Å². The predicted molar refractivity (Wildman–Crippen MR) is 99.5 cm³/mol. The number of hydrogen-bond acceptors (Lipinski definition) is 4. The first-order valence-electron chi connectivity index (χ1n) is 7.29. The van der Waals surface area contributed by atoms with Crippen molar-refractivity contribution in [2.75, 3.05) is 6.54 Å². The number of halogens is 1. The van der Waals surface area contributed by atoms with E-state index < -0.39 is 10.8 Å². The summed E-state index contributed by atoms with van der Waals surface area (Å²) in [5, 5.41) is 14.5. The minimum Gasteiger partial charge on any atom is -0.361 e. The number of carbonyl (C=O) groups is 1. The Hall–Kier alpha value is -2.71. The quantitative estimate of drug-likeness (QED) is 0.420. The number of nitro groups is 1. The van der Waals surface area contributed by atoms with Crippen molar-refractivity contribution in [1.82, 2.24) is 16.2 Å². The van der Waals surface area contributed by atoms with Gasteiger partial charge in [-0.2, -0.15) is 0 Å². The number of nitrogens with one attached hydrogen (secondary N) is 3. The Bertz CT molecular complexity index is 766. The van der Waals surface area contributed by atoms with Gasteiger partial charge in [0.15, 0.2) is 5.11 Å².